The number of benzene rings is 1. The molecule has 0 fully saturated rings. The zero-order chi connectivity index (χ0) is 11.8. The quantitative estimate of drug-likeness (QED) is 0.720. The lowest BCUT2D eigenvalue weighted by Gasteiger charge is -1.99. The highest BCUT2D eigenvalue weighted by Gasteiger charge is 1.95. The summed E-state index contributed by atoms with van der Waals surface area (Å²) in [6, 6.07) is 10.1. The Morgan fingerprint density at radius 1 is 0.875 bits per heavy atom. The zero-order valence-corrected chi connectivity index (χ0v) is 10.1. The van der Waals surface area contributed by atoms with Gasteiger partial charge >= 0.3 is 0 Å². The third kappa shape index (κ3) is 3.81. The second-order valence-corrected chi connectivity index (χ2v) is 3.59. The fourth-order valence-electron chi connectivity index (χ4n) is 1.17. The number of aromatic nitrogens is 2. The summed E-state index contributed by atoms with van der Waals surface area (Å²) in [6.45, 7) is 6.13. The molecule has 0 aliphatic rings. The molecule has 1 aromatic carbocycles. The predicted molar refractivity (Wildman–Crippen MR) is 68.2 cm³/mol. The Balaban J connectivity index is 0.000000386. The summed E-state index contributed by atoms with van der Waals surface area (Å²) in [5.74, 6) is 0.805. The van der Waals surface area contributed by atoms with Crippen molar-refractivity contribution < 1.29 is 0 Å². The molecular weight excluding hydrogens is 196 g/mol. The maximum absolute atomic E-state index is 4.14. The molecule has 0 unspecified atom stereocenters. The molecule has 0 saturated heterocycles. The minimum absolute atomic E-state index is 0.805. The second kappa shape index (κ2) is 6.72. The summed E-state index contributed by atoms with van der Waals surface area (Å²) < 4.78 is 0. The van der Waals surface area contributed by atoms with Gasteiger partial charge in [-0.25, -0.2) is 9.97 Å². The van der Waals surface area contributed by atoms with Crippen LogP contribution >= 0.6 is 0 Å². The highest BCUT2D eigenvalue weighted by atomic mass is 14.8. The third-order valence-corrected chi connectivity index (χ3v) is 1.89. The standard InChI is InChI=1S/C11H10N2.C3H8/c1-9-12-7-11(8-13-9)10-5-3-2-4-6-10;1-3-2/h2-8H,1H3;3H2,1-2H3. The monoisotopic (exact) mass is 214 g/mol. The molecule has 0 saturated carbocycles. The van der Waals surface area contributed by atoms with Gasteiger partial charge in [-0.15, -0.1) is 0 Å². The van der Waals surface area contributed by atoms with E-state index >= 15 is 0 Å². The van der Waals surface area contributed by atoms with E-state index in [0.29, 0.717) is 0 Å². The number of nitrogens with zero attached hydrogens (tertiary/aromatic N) is 2. The van der Waals surface area contributed by atoms with Crippen LogP contribution in [-0.2, 0) is 0 Å². The smallest absolute Gasteiger partial charge is 0.125 e. The van der Waals surface area contributed by atoms with Crippen molar-refractivity contribution in [2.24, 2.45) is 0 Å². The summed E-state index contributed by atoms with van der Waals surface area (Å²) in [4.78, 5) is 8.29. The van der Waals surface area contributed by atoms with Crippen molar-refractivity contribution in [3.05, 3.63) is 48.5 Å². The molecule has 0 spiro atoms. The van der Waals surface area contributed by atoms with Gasteiger partial charge in [0.05, 0.1) is 0 Å². The summed E-state index contributed by atoms with van der Waals surface area (Å²) in [5, 5.41) is 0. The van der Waals surface area contributed by atoms with Gasteiger partial charge in [0.2, 0.25) is 0 Å². The molecule has 2 aromatic rings. The zero-order valence-electron chi connectivity index (χ0n) is 10.1. The summed E-state index contributed by atoms with van der Waals surface area (Å²) >= 11 is 0. The van der Waals surface area contributed by atoms with Gasteiger partial charge < -0.3 is 0 Å². The van der Waals surface area contributed by atoms with Crippen molar-refractivity contribution in [2.75, 3.05) is 0 Å². The van der Waals surface area contributed by atoms with E-state index in [9.17, 15) is 0 Å². The van der Waals surface area contributed by atoms with Crippen molar-refractivity contribution >= 4 is 0 Å². The van der Waals surface area contributed by atoms with Crippen LogP contribution in [0.15, 0.2) is 42.7 Å². The van der Waals surface area contributed by atoms with E-state index in [1.807, 2.05) is 49.6 Å². The Kier molecular flexibility index (Phi) is 5.20. The molecule has 1 aromatic heterocycles. The molecule has 2 rings (SSSR count). The molecule has 16 heavy (non-hydrogen) atoms. The molecule has 0 radical (unpaired) electrons. The molecule has 0 amide bonds. The van der Waals surface area contributed by atoms with Gasteiger partial charge in [-0.1, -0.05) is 50.6 Å². The molecule has 0 bridgehead atoms. The molecule has 2 heteroatoms. The summed E-state index contributed by atoms with van der Waals surface area (Å²) in [5.41, 5.74) is 2.22. The number of hydrogen-bond acceptors (Lipinski definition) is 2. The maximum atomic E-state index is 4.14. The molecule has 2 nitrogen and oxygen atoms in total. The second-order valence-electron chi connectivity index (χ2n) is 3.59. The Labute approximate surface area is 97.4 Å². The molecule has 84 valence electrons. The lowest BCUT2D eigenvalue weighted by atomic mass is 10.1. The van der Waals surface area contributed by atoms with Gasteiger partial charge in [0.15, 0.2) is 0 Å². The van der Waals surface area contributed by atoms with Crippen molar-refractivity contribution in [1.29, 1.82) is 0 Å². The first-order chi connectivity index (χ1) is 7.77. The van der Waals surface area contributed by atoms with Crippen LogP contribution in [0.3, 0.4) is 0 Å². The fraction of sp³-hybridized carbons (Fsp3) is 0.286. The van der Waals surface area contributed by atoms with Crippen molar-refractivity contribution in [3.63, 3.8) is 0 Å². The molecule has 0 atom stereocenters. The first-order valence-corrected chi connectivity index (χ1v) is 5.62. The number of rotatable bonds is 1. The Hall–Kier alpha value is -1.70. The van der Waals surface area contributed by atoms with E-state index < -0.39 is 0 Å². The van der Waals surface area contributed by atoms with Gasteiger partial charge in [0.25, 0.3) is 0 Å². The molecular formula is C14H18N2. The molecule has 0 N–H and O–H groups in total. The van der Waals surface area contributed by atoms with Crippen molar-refractivity contribution in [2.45, 2.75) is 27.2 Å². The molecule has 0 aliphatic heterocycles. The average Bonchev–Trinajstić information content (AvgIpc) is 2.32. The maximum Gasteiger partial charge on any atom is 0.125 e. The Morgan fingerprint density at radius 3 is 1.88 bits per heavy atom. The summed E-state index contributed by atoms with van der Waals surface area (Å²) in [6.07, 6.45) is 4.94. The SMILES string of the molecule is CCC.Cc1ncc(-c2ccccc2)cn1. The number of hydrogen-bond donors (Lipinski definition) is 0. The molecule has 0 aliphatic carbocycles. The van der Waals surface area contributed by atoms with E-state index in [0.717, 1.165) is 17.0 Å². The lowest BCUT2D eigenvalue weighted by molar-refractivity contribution is 1.06. The predicted octanol–water partition coefficient (Wildman–Crippen LogP) is 3.87. The minimum atomic E-state index is 0.805. The highest BCUT2D eigenvalue weighted by molar-refractivity contribution is 5.60. The lowest BCUT2D eigenvalue weighted by Crippen LogP contribution is -1.86. The van der Waals surface area contributed by atoms with Crippen LogP contribution in [0.4, 0.5) is 0 Å². The average molecular weight is 214 g/mol. The van der Waals surface area contributed by atoms with E-state index in [4.69, 9.17) is 0 Å². The minimum Gasteiger partial charge on any atom is -0.241 e. The van der Waals surface area contributed by atoms with Gasteiger partial charge in [0.1, 0.15) is 5.82 Å². The van der Waals surface area contributed by atoms with Crippen molar-refractivity contribution in [1.82, 2.24) is 9.97 Å². The Morgan fingerprint density at radius 2 is 1.38 bits per heavy atom. The van der Waals surface area contributed by atoms with Crippen molar-refractivity contribution in [3.8, 4) is 11.1 Å². The fourth-order valence-corrected chi connectivity index (χ4v) is 1.17. The van der Waals surface area contributed by atoms with Crippen LogP contribution in [0.25, 0.3) is 11.1 Å². The van der Waals surface area contributed by atoms with Gasteiger partial charge in [0, 0.05) is 18.0 Å². The normalized spacial score (nSPS) is 9.19. The van der Waals surface area contributed by atoms with Crippen LogP contribution in [0.1, 0.15) is 26.1 Å². The first kappa shape index (κ1) is 12.4. The first-order valence-electron chi connectivity index (χ1n) is 5.62. The van der Waals surface area contributed by atoms with Crippen LogP contribution in [-0.4, -0.2) is 9.97 Å². The van der Waals surface area contributed by atoms with Crippen LogP contribution in [0.2, 0.25) is 0 Å². The topological polar surface area (TPSA) is 25.8 Å². The third-order valence-electron chi connectivity index (χ3n) is 1.89. The molecule has 1 heterocycles. The van der Waals surface area contributed by atoms with E-state index in [1.165, 1.54) is 6.42 Å². The summed E-state index contributed by atoms with van der Waals surface area (Å²) in [7, 11) is 0. The van der Waals surface area contributed by atoms with Gasteiger partial charge in [-0.3, -0.25) is 0 Å². The van der Waals surface area contributed by atoms with Gasteiger partial charge in [-0.05, 0) is 12.5 Å². The van der Waals surface area contributed by atoms with Crippen LogP contribution in [0.5, 0.6) is 0 Å². The van der Waals surface area contributed by atoms with Gasteiger partial charge in [-0.2, -0.15) is 0 Å². The van der Waals surface area contributed by atoms with E-state index in [-0.39, 0.29) is 0 Å². The Bertz CT molecular complexity index is 393. The van der Waals surface area contributed by atoms with Crippen LogP contribution in [0, 0.1) is 6.92 Å². The van der Waals surface area contributed by atoms with E-state index in [1.54, 1.807) is 0 Å². The van der Waals surface area contributed by atoms with E-state index in [2.05, 4.69) is 23.8 Å². The van der Waals surface area contributed by atoms with Crippen LogP contribution < -0.4 is 0 Å². The largest absolute Gasteiger partial charge is 0.241 e. The highest BCUT2D eigenvalue weighted by Crippen LogP contribution is 2.15. The number of aryl methyl sites for hydroxylation is 1.